The van der Waals surface area contributed by atoms with Gasteiger partial charge in [0.1, 0.15) is 0 Å². The van der Waals surface area contributed by atoms with Crippen molar-refractivity contribution >= 4 is 12.0 Å². The zero-order chi connectivity index (χ0) is 13.7. The Hall–Kier alpha value is -2.12. The van der Waals surface area contributed by atoms with Crippen LogP contribution in [0.15, 0.2) is 30.3 Å². The van der Waals surface area contributed by atoms with Gasteiger partial charge in [0.05, 0.1) is 17.7 Å². The van der Waals surface area contributed by atoms with Crippen LogP contribution < -0.4 is 0 Å². The van der Waals surface area contributed by atoms with Gasteiger partial charge in [-0.25, -0.2) is 0 Å². The van der Waals surface area contributed by atoms with Crippen LogP contribution >= 0.6 is 0 Å². The molecule has 0 spiro atoms. The van der Waals surface area contributed by atoms with Gasteiger partial charge in [-0.1, -0.05) is 12.1 Å². The summed E-state index contributed by atoms with van der Waals surface area (Å²) < 4.78 is 0. The molecule has 1 aromatic rings. The van der Waals surface area contributed by atoms with Crippen molar-refractivity contribution in [3.8, 4) is 6.07 Å². The highest BCUT2D eigenvalue weighted by Crippen LogP contribution is 2.11. The Balaban J connectivity index is 1.97. The molecule has 1 amide bonds. The van der Waals surface area contributed by atoms with Gasteiger partial charge in [0.25, 0.3) is 0 Å². The van der Waals surface area contributed by atoms with Crippen molar-refractivity contribution in [2.24, 2.45) is 0 Å². The molecule has 1 aliphatic rings. The summed E-state index contributed by atoms with van der Waals surface area (Å²) in [5, 5.41) is 18.2. The van der Waals surface area contributed by atoms with Crippen LogP contribution in [0.25, 0.3) is 6.08 Å². The summed E-state index contributed by atoms with van der Waals surface area (Å²) in [4.78, 5) is 13.6. The van der Waals surface area contributed by atoms with E-state index in [1.165, 1.54) is 6.08 Å². The number of benzene rings is 1. The molecule has 1 atom stereocenters. The van der Waals surface area contributed by atoms with Crippen LogP contribution in [0.3, 0.4) is 0 Å². The van der Waals surface area contributed by atoms with Crippen molar-refractivity contribution < 1.29 is 9.90 Å². The fourth-order valence-corrected chi connectivity index (χ4v) is 2.10. The lowest BCUT2D eigenvalue weighted by Crippen LogP contribution is -2.41. The Labute approximate surface area is 112 Å². The van der Waals surface area contributed by atoms with Gasteiger partial charge in [0.15, 0.2) is 0 Å². The minimum absolute atomic E-state index is 0.0805. The molecule has 4 heteroatoms. The first-order chi connectivity index (χ1) is 9.19. The number of hydrogen-bond donors (Lipinski definition) is 1. The number of nitriles is 1. The molecule has 0 aromatic heterocycles. The second kappa shape index (κ2) is 6.17. The molecular weight excluding hydrogens is 240 g/mol. The number of likely N-dealkylation sites (tertiary alicyclic amines) is 1. The highest BCUT2D eigenvalue weighted by Gasteiger charge is 2.20. The van der Waals surface area contributed by atoms with E-state index in [0.29, 0.717) is 18.7 Å². The monoisotopic (exact) mass is 256 g/mol. The van der Waals surface area contributed by atoms with Gasteiger partial charge in [-0.05, 0) is 36.6 Å². The summed E-state index contributed by atoms with van der Waals surface area (Å²) in [5.74, 6) is -0.0805. The standard InChI is InChI=1S/C15H16N2O2/c16-10-13-5-3-12(4-6-13)7-8-15(19)17-9-1-2-14(18)11-17/h3-8,14,18H,1-2,9,11H2/b8-7-/t14-/m0/s1. The van der Waals surface area contributed by atoms with Gasteiger partial charge in [-0.3, -0.25) is 4.79 Å². The minimum atomic E-state index is -0.402. The van der Waals surface area contributed by atoms with Crippen molar-refractivity contribution in [3.63, 3.8) is 0 Å². The molecule has 98 valence electrons. The number of piperidine rings is 1. The number of amides is 1. The first-order valence-corrected chi connectivity index (χ1v) is 6.34. The average Bonchev–Trinajstić information content (AvgIpc) is 2.45. The summed E-state index contributed by atoms with van der Waals surface area (Å²) >= 11 is 0. The lowest BCUT2D eigenvalue weighted by molar-refractivity contribution is -0.128. The Kier molecular flexibility index (Phi) is 4.32. The second-order valence-corrected chi connectivity index (χ2v) is 4.65. The molecule has 1 saturated heterocycles. The average molecular weight is 256 g/mol. The van der Waals surface area contributed by atoms with Gasteiger partial charge in [-0.15, -0.1) is 0 Å². The normalized spacial score (nSPS) is 19.4. The third-order valence-corrected chi connectivity index (χ3v) is 3.17. The maximum atomic E-state index is 11.9. The summed E-state index contributed by atoms with van der Waals surface area (Å²) in [6.45, 7) is 1.12. The first kappa shape index (κ1) is 13.3. The van der Waals surface area contributed by atoms with Gasteiger partial charge in [0, 0.05) is 19.2 Å². The van der Waals surface area contributed by atoms with Crippen LogP contribution in [0.5, 0.6) is 0 Å². The van der Waals surface area contributed by atoms with Gasteiger partial charge < -0.3 is 10.0 Å². The van der Waals surface area contributed by atoms with E-state index in [2.05, 4.69) is 0 Å². The predicted molar refractivity (Wildman–Crippen MR) is 72.0 cm³/mol. The number of rotatable bonds is 2. The molecule has 0 saturated carbocycles. The number of aliphatic hydroxyl groups excluding tert-OH is 1. The topological polar surface area (TPSA) is 64.3 Å². The van der Waals surface area contributed by atoms with Gasteiger partial charge in [-0.2, -0.15) is 5.26 Å². The van der Waals surface area contributed by atoms with E-state index in [4.69, 9.17) is 5.26 Å². The van der Waals surface area contributed by atoms with Crippen molar-refractivity contribution in [2.75, 3.05) is 13.1 Å². The molecule has 4 nitrogen and oxygen atoms in total. The minimum Gasteiger partial charge on any atom is -0.391 e. The maximum absolute atomic E-state index is 11.9. The van der Waals surface area contributed by atoms with Crippen LogP contribution in [0.2, 0.25) is 0 Å². The van der Waals surface area contributed by atoms with Crippen LogP contribution in [0.1, 0.15) is 24.0 Å². The van der Waals surface area contributed by atoms with E-state index >= 15 is 0 Å². The molecule has 0 aliphatic carbocycles. The van der Waals surface area contributed by atoms with Crippen molar-refractivity contribution in [1.29, 1.82) is 5.26 Å². The molecule has 2 rings (SSSR count). The van der Waals surface area contributed by atoms with E-state index in [1.807, 2.05) is 6.07 Å². The number of hydrogen-bond acceptors (Lipinski definition) is 3. The molecule has 1 N–H and O–H groups in total. The van der Waals surface area contributed by atoms with Crippen LogP contribution in [0, 0.1) is 11.3 Å². The Morgan fingerprint density at radius 2 is 2.16 bits per heavy atom. The number of aliphatic hydroxyl groups is 1. The lowest BCUT2D eigenvalue weighted by atomic mass is 10.1. The molecule has 0 bridgehead atoms. The van der Waals surface area contributed by atoms with Crippen LogP contribution in [-0.4, -0.2) is 35.1 Å². The molecular formula is C15H16N2O2. The molecule has 19 heavy (non-hydrogen) atoms. The highest BCUT2D eigenvalue weighted by molar-refractivity contribution is 5.91. The van der Waals surface area contributed by atoms with E-state index in [1.54, 1.807) is 35.2 Å². The van der Waals surface area contributed by atoms with E-state index in [9.17, 15) is 9.90 Å². The highest BCUT2D eigenvalue weighted by atomic mass is 16.3. The first-order valence-electron chi connectivity index (χ1n) is 6.34. The lowest BCUT2D eigenvalue weighted by Gasteiger charge is -2.29. The SMILES string of the molecule is N#Cc1ccc(/C=C\C(=O)N2CCC[C@H](O)C2)cc1. The number of β-amino-alcohol motifs (C(OH)–C–C–N with tert-alkyl or cyclic N) is 1. The summed E-state index contributed by atoms with van der Waals surface area (Å²) in [6, 6.07) is 9.08. The summed E-state index contributed by atoms with van der Waals surface area (Å²) in [7, 11) is 0. The number of carbonyl (C=O) groups is 1. The van der Waals surface area contributed by atoms with Gasteiger partial charge in [0.2, 0.25) is 5.91 Å². The number of nitrogens with zero attached hydrogens (tertiary/aromatic N) is 2. The molecule has 1 heterocycles. The van der Waals surface area contributed by atoms with Crippen LogP contribution in [-0.2, 0) is 4.79 Å². The Morgan fingerprint density at radius 3 is 2.79 bits per heavy atom. The van der Waals surface area contributed by atoms with Crippen molar-refractivity contribution in [2.45, 2.75) is 18.9 Å². The zero-order valence-electron chi connectivity index (χ0n) is 10.6. The fraction of sp³-hybridized carbons (Fsp3) is 0.333. The van der Waals surface area contributed by atoms with E-state index < -0.39 is 6.10 Å². The van der Waals surface area contributed by atoms with E-state index in [0.717, 1.165) is 18.4 Å². The molecule has 1 aromatic carbocycles. The predicted octanol–water partition coefficient (Wildman–Crippen LogP) is 1.55. The van der Waals surface area contributed by atoms with E-state index in [-0.39, 0.29) is 5.91 Å². The quantitative estimate of drug-likeness (QED) is 0.817. The second-order valence-electron chi connectivity index (χ2n) is 4.65. The number of carbonyl (C=O) groups excluding carboxylic acids is 1. The zero-order valence-corrected chi connectivity index (χ0v) is 10.6. The third-order valence-electron chi connectivity index (χ3n) is 3.17. The van der Waals surface area contributed by atoms with Crippen molar-refractivity contribution in [1.82, 2.24) is 4.90 Å². The summed E-state index contributed by atoms with van der Waals surface area (Å²) in [5.41, 5.74) is 1.48. The Bertz CT molecular complexity index is 514. The largest absolute Gasteiger partial charge is 0.391 e. The smallest absolute Gasteiger partial charge is 0.246 e. The molecule has 0 unspecified atom stereocenters. The maximum Gasteiger partial charge on any atom is 0.246 e. The third kappa shape index (κ3) is 3.67. The molecule has 1 aliphatic heterocycles. The molecule has 1 fully saturated rings. The Morgan fingerprint density at radius 1 is 1.42 bits per heavy atom. The van der Waals surface area contributed by atoms with Gasteiger partial charge >= 0.3 is 0 Å². The van der Waals surface area contributed by atoms with Crippen LogP contribution in [0.4, 0.5) is 0 Å². The fourth-order valence-electron chi connectivity index (χ4n) is 2.10. The van der Waals surface area contributed by atoms with Crippen molar-refractivity contribution in [3.05, 3.63) is 41.5 Å². The summed E-state index contributed by atoms with van der Waals surface area (Å²) in [6.07, 6.45) is 4.45. The molecule has 0 radical (unpaired) electrons.